The number of hydrogen-bond acceptors (Lipinski definition) is 6. The van der Waals surface area contributed by atoms with Crippen molar-refractivity contribution < 1.29 is 13.2 Å². The van der Waals surface area contributed by atoms with Gasteiger partial charge in [0.05, 0.1) is 24.0 Å². The van der Waals surface area contributed by atoms with E-state index in [-0.39, 0.29) is 12.5 Å². The Bertz CT molecular complexity index is 681. The van der Waals surface area contributed by atoms with Crippen LogP contribution in [0.25, 0.3) is 11.0 Å². The molecule has 0 bridgehead atoms. The smallest absolute Gasteiger partial charge is 0.368 e. The molecule has 1 saturated heterocycles. The first-order chi connectivity index (χ1) is 10.3. The summed E-state index contributed by atoms with van der Waals surface area (Å²) >= 11 is 0. The molecule has 3 rings (SSSR count). The van der Waals surface area contributed by atoms with Crippen molar-refractivity contribution in [1.82, 2.24) is 25.1 Å². The lowest BCUT2D eigenvalue weighted by Gasteiger charge is -2.37. The van der Waals surface area contributed by atoms with Gasteiger partial charge in [-0.2, -0.15) is 28.2 Å². The van der Waals surface area contributed by atoms with Crippen LogP contribution in [0.5, 0.6) is 0 Å². The summed E-state index contributed by atoms with van der Waals surface area (Å²) in [4.78, 5) is 9.90. The summed E-state index contributed by atoms with van der Waals surface area (Å²) in [6.45, 7) is 1.24. The van der Waals surface area contributed by atoms with E-state index in [1.807, 2.05) is 0 Å². The molecule has 120 valence electrons. The number of rotatable bonds is 2. The molecule has 1 aliphatic heterocycles. The molecular weight excluding hydrogens is 299 g/mol. The lowest BCUT2D eigenvalue weighted by Crippen LogP contribution is -2.53. The Balaban J connectivity index is 2.04. The average molecular weight is 315 g/mol. The van der Waals surface area contributed by atoms with Crippen LogP contribution < -0.4 is 16.0 Å². The molecule has 0 aromatic carbocycles. The summed E-state index contributed by atoms with van der Waals surface area (Å²) in [5.74, 6) is 0.432. The van der Waals surface area contributed by atoms with Crippen molar-refractivity contribution in [3.05, 3.63) is 6.20 Å². The molecule has 1 unspecified atom stereocenters. The summed E-state index contributed by atoms with van der Waals surface area (Å²) in [6, 6.07) is -0.730. The highest BCUT2D eigenvalue weighted by atomic mass is 19.4. The third kappa shape index (κ3) is 2.78. The molecule has 0 saturated carbocycles. The van der Waals surface area contributed by atoms with Crippen LogP contribution in [-0.2, 0) is 7.05 Å². The zero-order chi connectivity index (χ0) is 15.9. The number of nitrogen functional groups attached to an aromatic ring is 1. The van der Waals surface area contributed by atoms with Crippen molar-refractivity contribution in [2.24, 2.45) is 7.05 Å². The van der Waals surface area contributed by atoms with Gasteiger partial charge in [-0.15, -0.1) is 0 Å². The molecule has 0 amide bonds. The Morgan fingerprint density at radius 2 is 2.18 bits per heavy atom. The summed E-state index contributed by atoms with van der Waals surface area (Å²) in [6.07, 6.45) is -3.60. The Morgan fingerprint density at radius 3 is 2.91 bits per heavy atom. The van der Waals surface area contributed by atoms with E-state index < -0.39 is 18.6 Å². The van der Waals surface area contributed by atoms with E-state index in [1.54, 1.807) is 18.1 Å². The first-order valence-electron chi connectivity index (χ1n) is 6.84. The Kier molecular flexibility index (Phi) is 3.55. The maximum Gasteiger partial charge on any atom is 0.391 e. The molecule has 10 heteroatoms. The van der Waals surface area contributed by atoms with Crippen molar-refractivity contribution in [2.75, 3.05) is 30.3 Å². The molecular formula is C12H16F3N7. The number of nitrogens with one attached hydrogen (secondary N) is 1. The third-order valence-corrected chi connectivity index (χ3v) is 3.68. The Hall–Kier alpha value is -2.10. The van der Waals surface area contributed by atoms with Gasteiger partial charge in [0.2, 0.25) is 5.95 Å². The number of fused-ring (bicyclic) bond motifs is 1. The van der Waals surface area contributed by atoms with Crippen molar-refractivity contribution >= 4 is 22.8 Å². The number of halogens is 3. The molecule has 0 aliphatic carbocycles. The summed E-state index contributed by atoms with van der Waals surface area (Å²) in [7, 11) is 1.70. The molecule has 0 spiro atoms. The second kappa shape index (κ2) is 5.27. The Labute approximate surface area is 124 Å². The van der Waals surface area contributed by atoms with Gasteiger partial charge in [0.25, 0.3) is 0 Å². The summed E-state index contributed by atoms with van der Waals surface area (Å²) in [5.41, 5.74) is 6.21. The van der Waals surface area contributed by atoms with E-state index in [2.05, 4.69) is 20.4 Å². The maximum absolute atomic E-state index is 12.8. The van der Waals surface area contributed by atoms with E-state index in [1.165, 1.54) is 4.68 Å². The molecule has 0 radical (unpaired) electrons. The SMILES string of the molecule is Cn1ncc2c(N3CCNCC3CC(F)(F)F)nc(N)nc21. The van der Waals surface area contributed by atoms with Gasteiger partial charge in [0.15, 0.2) is 5.65 Å². The zero-order valence-corrected chi connectivity index (χ0v) is 11.9. The van der Waals surface area contributed by atoms with Crippen LogP contribution >= 0.6 is 0 Å². The Morgan fingerprint density at radius 1 is 1.41 bits per heavy atom. The minimum absolute atomic E-state index is 0.0235. The van der Waals surface area contributed by atoms with Gasteiger partial charge in [0, 0.05) is 26.7 Å². The maximum atomic E-state index is 12.8. The highest BCUT2D eigenvalue weighted by Crippen LogP contribution is 2.31. The van der Waals surface area contributed by atoms with Crippen LogP contribution in [0.3, 0.4) is 0 Å². The fourth-order valence-electron chi connectivity index (χ4n) is 2.73. The predicted molar refractivity (Wildman–Crippen MR) is 75.4 cm³/mol. The number of anilines is 2. The summed E-state index contributed by atoms with van der Waals surface area (Å²) in [5, 5.41) is 7.68. The largest absolute Gasteiger partial charge is 0.391 e. The van der Waals surface area contributed by atoms with Crippen LogP contribution in [0, 0.1) is 0 Å². The lowest BCUT2D eigenvalue weighted by atomic mass is 10.1. The molecule has 7 nitrogen and oxygen atoms in total. The number of nitrogens with zero attached hydrogens (tertiary/aromatic N) is 5. The van der Waals surface area contributed by atoms with Crippen LogP contribution in [0.15, 0.2) is 6.20 Å². The highest BCUT2D eigenvalue weighted by molar-refractivity contribution is 5.88. The molecule has 1 aliphatic rings. The normalized spacial score (nSPS) is 19.8. The summed E-state index contributed by atoms with van der Waals surface area (Å²) < 4.78 is 39.9. The topological polar surface area (TPSA) is 84.9 Å². The van der Waals surface area contributed by atoms with Gasteiger partial charge in [-0.1, -0.05) is 0 Å². The van der Waals surface area contributed by atoms with E-state index in [0.717, 1.165) is 0 Å². The molecule has 3 N–H and O–H groups in total. The van der Waals surface area contributed by atoms with Gasteiger partial charge in [-0.25, -0.2) is 0 Å². The number of nitrogens with two attached hydrogens (primary N) is 1. The fraction of sp³-hybridized carbons (Fsp3) is 0.583. The molecule has 2 aromatic heterocycles. The number of alkyl halides is 3. The lowest BCUT2D eigenvalue weighted by molar-refractivity contribution is -0.138. The standard InChI is InChI=1S/C12H16F3N7/c1-21-9-8(6-18-21)10(20-11(16)19-9)22-3-2-17-5-7(22)4-12(13,14)15/h6-7,17H,2-5H2,1H3,(H2,16,19,20). The number of hydrogen-bond donors (Lipinski definition) is 2. The number of piperazine rings is 1. The van der Waals surface area contributed by atoms with E-state index in [4.69, 9.17) is 5.73 Å². The first-order valence-corrected chi connectivity index (χ1v) is 6.84. The van der Waals surface area contributed by atoms with Gasteiger partial charge in [-0.3, -0.25) is 4.68 Å². The van der Waals surface area contributed by atoms with Crippen molar-refractivity contribution in [3.8, 4) is 0 Å². The van der Waals surface area contributed by atoms with Crippen LogP contribution in [0.1, 0.15) is 6.42 Å². The van der Waals surface area contributed by atoms with Gasteiger partial charge >= 0.3 is 6.18 Å². The van der Waals surface area contributed by atoms with Gasteiger partial charge in [0.1, 0.15) is 5.82 Å². The molecule has 1 atom stereocenters. The number of aromatic nitrogens is 4. The fourth-order valence-corrected chi connectivity index (χ4v) is 2.73. The monoisotopic (exact) mass is 315 g/mol. The average Bonchev–Trinajstić information content (AvgIpc) is 2.79. The number of aryl methyl sites for hydroxylation is 1. The quantitative estimate of drug-likeness (QED) is 0.847. The molecule has 3 heterocycles. The first kappa shape index (κ1) is 14.8. The van der Waals surface area contributed by atoms with Gasteiger partial charge < -0.3 is 16.0 Å². The van der Waals surface area contributed by atoms with Crippen molar-refractivity contribution in [1.29, 1.82) is 0 Å². The van der Waals surface area contributed by atoms with Crippen LogP contribution in [0.2, 0.25) is 0 Å². The van der Waals surface area contributed by atoms with E-state index in [0.29, 0.717) is 29.9 Å². The minimum atomic E-state index is -4.24. The zero-order valence-electron chi connectivity index (χ0n) is 11.9. The third-order valence-electron chi connectivity index (χ3n) is 3.68. The van der Waals surface area contributed by atoms with Crippen LogP contribution in [-0.4, -0.2) is 51.6 Å². The van der Waals surface area contributed by atoms with E-state index in [9.17, 15) is 13.2 Å². The highest BCUT2D eigenvalue weighted by Gasteiger charge is 2.37. The van der Waals surface area contributed by atoms with Crippen molar-refractivity contribution in [2.45, 2.75) is 18.6 Å². The second-order valence-electron chi connectivity index (χ2n) is 5.28. The van der Waals surface area contributed by atoms with Gasteiger partial charge in [-0.05, 0) is 0 Å². The van der Waals surface area contributed by atoms with Crippen molar-refractivity contribution in [3.63, 3.8) is 0 Å². The van der Waals surface area contributed by atoms with Crippen LogP contribution in [0.4, 0.5) is 24.9 Å². The van der Waals surface area contributed by atoms with E-state index >= 15 is 0 Å². The molecule has 22 heavy (non-hydrogen) atoms. The molecule has 2 aromatic rings. The predicted octanol–water partition coefficient (Wildman–Crippen LogP) is 0.676. The molecule has 1 fully saturated rings. The second-order valence-corrected chi connectivity index (χ2v) is 5.28. The minimum Gasteiger partial charge on any atom is -0.368 e.